The number of nitrogens with zero attached hydrogens (tertiary/aromatic N) is 2. The van der Waals surface area contributed by atoms with Gasteiger partial charge in [-0.25, -0.2) is 4.98 Å². The van der Waals surface area contributed by atoms with Gasteiger partial charge in [-0.1, -0.05) is 0 Å². The van der Waals surface area contributed by atoms with Crippen molar-refractivity contribution in [2.45, 2.75) is 6.92 Å². The summed E-state index contributed by atoms with van der Waals surface area (Å²) in [4.78, 5) is 30.6. The predicted molar refractivity (Wildman–Crippen MR) is 78.5 cm³/mol. The van der Waals surface area contributed by atoms with Crippen LogP contribution in [0.3, 0.4) is 0 Å². The number of aromatic amines is 1. The molecule has 0 spiro atoms. The highest BCUT2D eigenvalue weighted by Crippen LogP contribution is 2.21. The van der Waals surface area contributed by atoms with Crippen LogP contribution in [0.2, 0.25) is 0 Å². The molecule has 2 N–H and O–H groups in total. The summed E-state index contributed by atoms with van der Waals surface area (Å²) in [5.74, 6) is -0.162. The molecule has 2 heterocycles. The Morgan fingerprint density at radius 1 is 1.36 bits per heavy atom. The summed E-state index contributed by atoms with van der Waals surface area (Å²) < 4.78 is 5.34. The molecule has 0 aliphatic carbocycles. The number of amides is 1. The average Bonchev–Trinajstić information content (AvgIpc) is 2.85. The molecular formula is C15H10N4O3. The van der Waals surface area contributed by atoms with Gasteiger partial charge in [-0.15, -0.1) is 0 Å². The molecule has 1 amide bonds. The van der Waals surface area contributed by atoms with E-state index in [2.05, 4.69) is 15.3 Å². The Balaban J connectivity index is 2.00. The number of aromatic nitrogens is 2. The number of hydrogen-bond donors (Lipinski definition) is 2. The van der Waals surface area contributed by atoms with Gasteiger partial charge in [0.2, 0.25) is 5.71 Å². The summed E-state index contributed by atoms with van der Waals surface area (Å²) in [6.07, 6.45) is 1.22. The monoisotopic (exact) mass is 294 g/mol. The number of nitrogens with one attached hydrogen (secondary N) is 2. The predicted octanol–water partition coefficient (Wildman–Crippen LogP) is 1.95. The molecule has 7 nitrogen and oxygen atoms in total. The van der Waals surface area contributed by atoms with Gasteiger partial charge in [-0.05, 0) is 31.2 Å². The van der Waals surface area contributed by atoms with Crippen molar-refractivity contribution in [3.05, 3.63) is 57.8 Å². The van der Waals surface area contributed by atoms with Gasteiger partial charge < -0.3 is 14.7 Å². The van der Waals surface area contributed by atoms with Crippen molar-refractivity contribution in [1.29, 1.82) is 5.26 Å². The molecule has 7 heteroatoms. The highest BCUT2D eigenvalue weighted by Gasteiger charge is 2.21. The van der Waals surface area contributed by atoms with Crippen LogP contribution in [0.15, 0.2) is 39.8 Å². The molecule has 0 fully saturated rings. The second-order valence-electron chi connectivity index (χ2n) is 4.59. The highest BCUT2D eigenvalue weighted by atomic mass is 16.3. The molecule has 0 aliphatic heterocycles. The lowest BCUT2D eigenvalue weighted by molar-refractivity contribution is 0.102. The molecule has 3 aromatic rings. The van der Waals surface area contributed by atoms with Gasteiger partial charge in [-0.3, -0.25) is 9.59 Å². The molecule has 0 bridgehead atoms. The summed E-state index contributed by atoms with van der Waals surface area (Å²) >= 11 is 0. The van der Waals surface area contributed by atoms with Crippen LogP contribution in [0.1, 0.15) is 21.7 Å². The number of H-pyrrole nitrogens is 1. The molecule has 22 heavy (non-hydrogen) atoms. The molecule has 0 radical (unpaired) electrons. The van der Waals surface area contributed by atoms with Crippen molar-refractivity contribution in [1.82, 2.24) is 9.97 Å². The van der Waals surface area contributed by atoms with E-state index in [0.717, 1.165) is 0 Å². The summed E-state index contributed by atoms with van der Waals surface area (Å²) in [7, 11) is 0. The summed E-state index contributed by atoms with van der Waals surface area (Å²) in [6.45, 7) is 1.59. The lowest BCUT2D eigenvalue weighted by Crippen LogP contribution is -2.16. The van der Waals surface area contributed by atoms with E-state index in [-0.39, 0.29) is 16.7 Å². The summed E-state index contributed by atoms with van der Waals surface area (Å²) in [5.41, 5.74) is 0.827. The Hall–Kier alpha value is -3.40. The number of fused-ring (bicyclic) bond motifs is 1. The zero-order chi connectivity index (χ0) is 15.7. The normalized spacial score (nSPS) is 10.4. The number of anilines is 1. The number of nitriles is 1. The number of carbonyl (C=O) groups excluding carboxylic acids is 1. The SMILES string of the molecule is Cc1oc2nc[nH]c(=O)c2c1C(=O)Nc1ccc(C#N)cc1. The van der Waals surface area contributed by atoms with Crippen LogP contribution in [0, 0.1) is 18.3 Å². The van der Waals surface area contributed by atoms with E-state index in [1.807, 2.05) is 6.07 Å². The first-order valence-electron chi connectivity index (χ1n) is 6.38. The van der Waals surface area contributed by atoms with Crippen molar-refractivity contribution < 1.29 is 9.21 Å². The molecule has 0 atom stereocenters. The van der Waals surface area contributed by atoms with Gasteiger partial charge in [0.1, 0.15) is 11.1 Å². The molecule has 0 aliphatic rings. The number of benzene rings is 1. The van der Waals surface area contributed by atoms with Crippen LogP contribution >= 0.6 is 0 Å². The minimum absolute atomic E-state index is 0.117. The van der Waals surface area contributed by atoms with Crippen molar-refractivity contribution >= 4 is 22.7 Å². The Bertz CT molecular complexity index is 961. The fourth-order valence-corrected chi connectivity index (χ4v) is 2.15. The number of rotatable bonds is 2. The second-order valence-corrected chi connectivity index (χ2v) is 4.59. The van der Waals surface area contributed by atoms with E-state index in [1.54, 1.807) is 31.2 Å². The first-order chi connectivity index (χ1) is 10.6. The molecular weight excluding hydrogens is 284 g/mol. The fourth-order valence-electron chi connectivity index (χ4n) is 2.15. The molecule has 3 rings (SSSR count). The van der Waals surface area contributed by atoms with Gasteiger partial charge in [0.15, 0.2) is 0 Å². The molecule has 0 unspecified atom stereocenters. The lowest BCUT2D eigenvalue weighted by atomic mass is 10.1. The maximum Gasteiger partial charge on any atom is 0.262 e. The maximum absolute atomic E-state index is 12.4. The van der Waals surface area contributed by atoms with E-state index in [0.29, 0.717) is 17.0 Å². The first-order valence-corrected chi connectivity index (χ1v) is 6.38. The Labute approximate surface area is 124 Å². The second kappa shape index (κ2) is 5.18. The Morgan fingerprint density at radius 2 is 2.09 bits per heavy atom. The zero-order valence-corrected chi connectivity index (χ0v) is 11.5. The van der Waals surface area contributed by atoms with Crippen molar-refractivity contribution in [2.75, 3.05) is 5.32 Å². The standard InChI is InChI=1S/C15H10N4O3/c1-8-11(12-13(20)17-7-18-15(12)22-8)14(21)19-10-4-2-9(6-16)3-5-10/h2-5,7H,1H3,(H,19,21)(H,17,18,20). The first kappa shape index (κ1) is 13.6. The Kier molecular flexibility index (Phi) is 3.20. The summed E-state index contributed by atoms with van der Waals surface area (Å²) in [6, 6.07) is 8.38. The smallest absolute Gasteiger partial charge is 0.262 e. The summed E-state index contributed by atoms with van der Waals surface area (Å²) in [5, 5.41) is 11.5. The topological polar surface area (TPSA) is 112 Å². The largest absolute Gasteiger partial charge is 0.442 e. The maximum atomic E-state index is 12.4. The highest BCUT2D eigenvalue weighted by molar-refractivity contribution is 6.12. The van der Waals surface area contributed by atoms with Gasteiger partial charge in [0.05, 0.1) is 23.5 Å². The van der Waals surface area contributed by atoms with Gasteiger partial charge in [0, 0.05) is 5.69 Å². The van der Waals surface area contributed by atoms with E-state index < -0.39 is 11.5 Å². The minimum atomic E-state index is -0.473. The quantitative estimate of drug-likeness (QED) is 0.750. The van der Waals surface area contributed by atoms with Gasteiger partial charge in [-0.2, -0.15) is 5.26 Å². The molecule has 1 aromatic carbocycles. The van der Waals surface area contributed by atoms with E-state index in [9.17, 15) is 9.59 Å². The van der Waals surface area contributed by atoms with E-state index in [1.165, 1.54) is 6.33 Å². The van der Waals surface area contributed by atoms with E-state index >= 15 is 0 Å². The fraction of sp³-hybridized carbons (Fsp3) is 0.0667. The third-order valence-corrected chi connectivity index (χ3v) is 3.17. The zero-order valence-electron chi connectivity index (χ0n) is 11.5. The van der Waals surface area contributed by atoms with Crippen LogP contribution in [0.25, 0.3) is 11.1 Å². The Morgan fingerprint density at radius 3 is 2.77 bits per heavy atom. The third-order valence-electron chi connectivity index (χ3n) is 3.17. The van der Waals surface area contributed by atoms with Crippen molar-refractivity contribution in [3.63, 3.8) is 0 Å². The van der Waals surface area contributed by atoms with Crippen LogP contribution in [0.4, 0.5) is 5.69 Å². The van der Waals surface area contributed by atoms with Crippen LogP contribution in [-0.4, -0.2) is 15.9 Å². The molecule has 0 saturated carbocycles. The third kappa shape index (κ3) is 2.23. The van der Waals surface area contributed by atoms with Gasteiger partial charge >= 0.3 is 0 Å². The van der Waals surface area contributed by atoms with Crippen LogP contribution in [-0.2, 0) is 0 Å². The van der Waals surface area contributed by atoms with Crippen LogP contribution in [0.5, 0.6) is 0 Å². The molecule has 108 valence electrons. The number of furan rings is 1. The minimum Gasteiger partial charge on any atom is -0.442 e. The molecule has 0 saturated heterocycles. The number of carbonyl (C=O) groups is 1. The number of aryl methyl sites for hydroxylation is 1. The average molecular weight is 294 g/mol. The van der Waals surface area contributed by atoms with Crippen molar-refractivity contribution in [2.24, 2.45) is 0 Å². The van der Waals surface area contributed by atoms with E-state index in [4.69, 9.17) is 9.68 Å². The van der Waals surface area contributed by atoms with Gasteiger partial charge in [0.25, 0.3) is 11.5 Å². The van der Waals surface area contributed by atoms with Crippen molar-refractivity contribution in [3.8, 4) is 6.07 Å². The van der Waals surface area contributed by atoms with Crippen LogP contribution < -0.4 is 10.9 Å². The number of hydrogen-bond acceptors (Lipinski definition) is 5. The molecule has 2 aromatic heterocycles. The lowest BCUT2D eigenvalue weighted by Gasteiger charge is -2.04.